The van der Waals surface area contributed by atoms with Gasteiger partial charge in [0.05, 0.1) is 11.1 Å². The second-order valence-electron chi connectivity index (χ2n) is 7.53. The summed E-state index contributed by atoms with van der Waals surface area (Å²) < 4.78 is 40.0. The van der Waals surface area contributed by atoms with Crippen LogP contribution >= 0.6 is 0 Å². The summed E-state index contributed by atoms with van der Waals surface area (Å²) in [5.74, 6) is -0.347. The molecule has 2 fully saturated rings. The quantitative estimate of drug-likeness (QED) is 0.818. The van der Waals surface area contributed by atoms with Crippen LogP contribution in [0.15, 0.2) is 48.5 Å². The number of alkyl halides is 3. The number of anilines is 1. The van der Waals surface area contributed by atoms with Gasteiger partial charge in [-0.05, 0) is 60.4 Å². The van der Waals surface area contributed by atoms with Crippen LogP contribution in [0, 0.1) is 11.8 Å². The molecule has 1 N–H and O–H groups in total. The second kappa shape index (κ2) is 6.59. The third kappa shape index (κ3) is 3.40. The fourth-order valence-corrected chi connectivity index (χ4v) is 4.71. The number of aromatic carboxylic acids is 1. The molecule has 2 aromatic carbocycles. The maximum absolute atomic E-state index is 13.3. The van der Waals surface area contributed by atoms with E-state index in [2.05, 4.69) is 4.90 Å². The van der Waals surface area contributed by atoms with Gasteiger partial charge in [0.1, 0.15) is 0 Å². The zero-order chi connectivity index (χ0) is 19.2. The Morgan fingerprint density at radius 2 is 1.67 bits per heavy atom. The SMILES string of the molecule is O=C(O)c1cccc(N2C[C@H]3CC(c4ccccc4C(F)(F)F)C[C@H]3C2)c1. The zero-order valence-corrected chi connectivity index (χ0v) is 14.6. The van der Waals surface area contributed by atoms with E-state index < -0.39 is 17.7 Å². The van der Waals surface area contributed by atoms with Gasteiger partial charge in [0, 0.05) is 18.8 Å². The number of hydrogen-bond donors (Lipinski definition) is 1. The van der Waals surface area contributed by atoms with Crippen molar-refractivity contribution in [2.75, 3.05) is 18.0 Å². The van der Waals surface area contributed by atoms with Crippen LogP contribution in [0.5, 0.6) is 0 Å². The van der Waals surface area contributed by atoms with Crippen molar-refractivity contribution in [2.45, 2.75) is 24.9 Å². The molecule has 0 amide bonds. The third-order valence-electron chi connectivity index (χ3n) is 5.92. The van der Waals surface area contributed by atoms with E-state index in [4.69, 9.17) is 5.11 Å². The average Bonchev–Trinajstić information content (AvgIpc) is 3.20. The lowest BCUT2D eigenvalue weighted by atomic mass is 9.91. The van der Waals surface area contributed by atoms with Crippen molar-refractivity contribution in [1.82, 2.24) is 0 Å². The lowest BCUT2D eigenvalue weighted by Gasteiger charge is -2.23. The summed E-state index contributed by atoms with van der Waals surface area (Å²) in [6.45, 7) is 1.52. The average molecular weight is 375 g/mol. The molecule has 142 valence electrons. The van der Waals surface area contributed by atoms with E-state index in [-0.39, 0.29) is 11.5 Å². The molecule has 6 heteroatoms. The lowest BCUT2D eigenvalue weighted by Crippen LogP contribution is -2.22. The Hall–Kier alpha value is -2.50. The van der Waals surface area contributed by atoms with E-state index >= 15 is 0 Å². The summed E-state index contributed by atoms with van der Waals surface area (Å²) in [7, 11) is 0. The Bertz CT molecular complexity index is 851. The molecule has 2 aliphatic rings. The van der Waals surface area contributed by atoms with E-state index in [1.165, 1.54) is 12.1 Å². The topological polar surface area (TPSA) is 40.5 Å². The molecule has 3 atom stereocenters. The fourth-order valence-electron chi connectivity index (χ4n) is 4.71. The van der Waals surface area contributed by atoms with E-state index in [1.54, 1.807) is 30.3 Å². The van der Waals surface area contributed by atoms with E-state index in [0.29, 0.717) is 17.4 Å². The Kier molecular flexibility index (Phi) is 4.36. The second-order valence-corrected chi connectivity index (χ2v) is 7.53. The highest BCUT2D eigenvalue weighted by Crippen LogP contribution is 2.49. The van der Waals surface area contributed by atoms with Crippen molar-refractivity contribution in [3.63, 3.8) is 0 Å². The molecule has 0 spiro atoms. The van der Waals surface area contributed by atoms with Crippen molar-refractivity contribution in [3.8, 4) is 0 Å². The Morgan fingerprint density at radius 3 is 2.30 bits per heavy atom. The van der Waals surface area contributed by atoms with Gasteiger partial charge in [0.15, 0.2) is 0 Å². The van der Waals surface area contributed by atoms with Gasteiger partial charge < -0.3 is 10.0 Å². The molecular weight excluding hydrogens is 355 g/mol. The monoisotopic (exact) mass is 375 g/mol. The molecule has 0 bridgehead atoms. The van der Waals surface area contributed by atoms with Gasteiger partial charge in [-0.3, -0.25) is 0 Å². The third-order valence-corrected chi connectivity index (χ3v) is 5.92. The molecular formula is C21H20F3NO2. The molecule has 3 nitrogen and oxygen atoms in total. The lowest BCUT2D eigenvalue weighted by molar-refractivity contribution is -0.138. The minimum atomic E-state index is -4.32. The summed E-state index contributed by atoms with van der Waals surface area (Å²) in [4.78, 5) is 13.3. The van der Waals surface area contributed by atoms with Crippen LogP contribution in [0.4, 0.5) is 18.9 Å². The summed E-state index contributed by atoms with van der Waals surface area (Å²) in [5, 5.41) is 9.16. The Morgan fingerprint density at radius 1 is 1.00 bits per heavy atom. The predicted octanol–water partition coefficient (Wildman–Crippen LogP) is 5.03. The number of halogens is 3. The zero-order valence-electron chi connectivity index (χ0n) is 14.6. The summed E-state index contributed by atoms with van der Waals surface area (Å²) in [5.41, 5.74) is 1.03. The predicted molar refractivity (Wildman–Crippen MR) is 96.0 cm³/mol. The fraction of sp³-hybridized carbons (Fsp3) is 0.381. The molecule has 1 aliphatic heterocycles. The molecule has 2 aromatic rings. The maximum Gasteiger partial charge on any atom is 0.416 e. The molecule has 27 heavy (non-hydrogen) atoms. The maximum atomic E-state index is 13.3. The summed E-state index contributed by atoms with van der Waals surface area (Å²) >= 11 is 0. The van der Waals surface area contributed by atoms with Gasteiger partial charge in [0.25, 0.3) is 0 Å². The first-order chi connectivity index (χ1) is 12.8. The van der Waals surface area contributed by atoms with Crippen LogP contribution in [-0.4, -0.2) is 24.2 Å². The summed E-state index contributed by atoms with van der Waals surface area (Å²) in [6.07, 6.45) is -2.84. The molecule has 1 heterocycles. The summed E-state index contributed by atoms with van der Waals surface area (Å²) in [6, 6.07) is 12.8. The molecule has 0 aromatic heterocycles. The van der Waals surface area contributed by atoms with Crippen LogP contribution in [0.3, 0.4) is 0 Å². The van der Waals surface area contributed by atoms with E-state index in [9.17, 15) is 18.0 Å². The van der Waals surface area contributed by atoms with E-state index in [1.807, 2.05) is 6.07 Å². The number of nitrogens with zero attached hydrogens (tertiary/aromatic N) is 1. The number of fused-ring (bicyclic) bond motifs is 1. The highest BCUT2D eigenvalue weighted by molar-refractivity contribution is 5.88. The van der Waals surface area contributed by atoms with Crippen molar-refractivity contribution in [2.24, 2.45) is 11.8 Å². The number of rotatable bonds is 3. The molecule has 4 rings (SSSR count). The number of carbonyl (C=O) groups is 1. The van der Waals surface area contributed by atoms with E-state index in [0.717, 1.165) is 31.6 Å². The van der Waals surface area contributed by atoms with Gasteiger partial charge >= 0.3 is 12.1 Å². The van der Waals surface area contributed by atoms with Crippen LogP contribution in [0.25, 0.3) is 0 Å². The van der Waals surface area contributed by atoms with Crippen LogP contribution in [0.2, 0.25) is 0 Å². The molecule has 0 radical (unpaired) electrons. The number of carboxylic acid groups (broad SMARTS) is 1. The van der Waals surface area contributed by atoms with Gasteiger partial charge in [-0.2, -0.15) is 13.2 Å². The van der Waals surface area contributed by atoms with Crippen LogP contribution in [0.1, 0.15) is 40.2 Å². The van der Waals surface area contributed by atoms with Gasteiger partial charge in [-0.1, -0.05) is 24.3 Å². The van der Waals surface area contributed by atoms with Gasteiger partial charge in [-0.25, -0.2) is 4.79 Å². The van der Waals surface area contributed by atoms with Crippen molar-refractivity contribution >= 4 is 11.7 Å². The minimum absolute atomic E-state index is 0.0645. The Labute approximate surface area is 155 Å². The number of benzene rings is 2. The highest BCUT2D eigenvalue weighted by Gasteiger charge is 2.44. The first-order valence-corrected chi connectivity index (χ1v) is 9.07. The smallest absolute Gasteiger partial charge is 0.416 e. The first-order valence-electron chi connectivity index (χ1n) is 9.07. The standard InChI is InChI=1S/C21H20F3NO2/c22-21(23,24)19-7-2-1-6-18(19)14-8-15-11-25(12-16(15)9-14)17-5-3-4-13(10-17)20(26)27/h1-7,10,14-16H,8-9,11-12H2,(H,26,27)/t14?,15-,16+. The number of hydrogen-bond acceptors (Lipinski definition) is 2. The van der Waals surface area contributed by atoms with Crippen LogP contribution < -0.4 is 4.90 Å². The highest BCUT2D eigenvalue weighted by atomic mass is 19.4. The van der Waals surface area contributed by atoms with Gasteiger partial charge in [0.2, 0.25) is 0 Å². The van der Waals surface area contributed by atoms with Crippen molar-refractivity contribution in [3.05, 3.63) is 65.2 Å². The first kappa shape index (κ1) is 17.9. The molecule has 1 unspecified atom stereocenters. The molecule has 1 aliphatic carbocycles. The van der Waals surface area contributed by atoms with Gasteiger partial charge in [-0.15, -0.1) is 0 Å². The number of carboxylic acids is 1. The largest absolute Gasteiger partial charge is 0.478 e. The Balaban J connectivity index is 1.50. The molecule has 1 saturated heterocycles. The van der Waals surface area contributed by atoms with Crippen molar-refractivity contribution in [1.29, 1.82) is 0 Å². The van der Waals surface area contributed by atoms with Crippen molar-refractivity contribution < 1.29 is 23.1 Å². The molecule has 1 saturated carbocycles. The minimum Gasteiger partial charge on any atom is -0.478 e. The van der Waals surface area contributed by atoms with Crippen LogP contribution in [-0.2, 0) is 6.18 Å². The normalized spacial score (nSPS) is 24.9.